The first-order valence-electron chi connectivity index (χ1n) is 3.81. The van der Waals surface area contributed by atoms with Crippen LogP contribution >= 0.6 is 0 Å². The minimum atomic E-state index is 0.370. The summed E-state index contributed by atoms with van der Waals surface area (Å²) in [6.07, 6.45) is 0. The van der Waals surface area contributed by atoms with E-state index < -0.39 is 0 Å². The van der Waals surface area contributed by atoms with Crippen molar-refractivity contribution in [3.63, 3.8) is 0 Å². The van der Waals surface area contributed by atoms with Crippen molar-refractivity contribution in [1.29, 1.82) is 0 Å². The van der Waals surface area contributed by atoms with Crippen LogP contribution in [-0.4, -0.2) is 58.1 Å². The highest BCUT2D eigenvalue weighted by Crippen LogP contribution is 2.13. The van der Waals surface area contributed by atoms with Gasteiger partial charge >= 0.3 is 0 Å². The van der Waals surface area contributed by atoms with Gasteiger partial charge in [-0.15, -0.1) is 0 Å². The molecule has 2 saturated heterocycles. The molecule has 0 aromatic heterocycles. The van der Waals surface area contributed by atoms with E-state index in [0.717, 1.165) is 26.2 Å². The average Bonchev–Trinajstić information content (AvgIpc) is 2.85. The molecule has 0 bridgehead atoms. The van der Waals surface area contributed by atoms with E-state index >= 15 is 0 Å². The molecule has 6 nitrogen and oxygen atoms in total. The minimum absolute atomic E-state index is 0.370. The largest absolute Gasteiger partial charge is 0.409 e. The van der Waals surface area contributed by atoms with Gasteiger partial charge in [0.2, 0.25) is 11.7 Å². The molecule has 66 valence electrons. The first-order chi connectivity index (χ1) is 5.86. The fourth-order valence-electron chi connectivity index (χ4n) is 1.02. The van der Waals surface area contributed by atoms with E-state index in [-0.39, 0.29) is 0 Å². The van der Waals surface area contributed by atoms with Crippen molar-refractivity contribution in [1.82, 2.24) is 9.80 Å². The lowest BCUT2D eigenvalue weighted by atomic mass is 10.5. The van der Waals surface area contributed by atoms with Crippen LogP contribution in [0.1, 0.15) is 0 Å². The Morgan fingerprint density at radius 1 is 0.833 bits per heavy atom. The van der Waals surface area contributed by atoms with Gasteiger partial charge in [-0.25, -0.2) is 0 Å². The monoisotopic (exact) mass is 170 g/mol. The van der Waals surface area contributed by atoms with Crippen molar-refractivity contribution in [2.45, 2.75) is 0 Å². The molecule has 0 spiro atoms. The summed E-state index contributed by atoms with van der Waals surface area (Å²) in [5.74, 6) is 0.741. The van der Waals surface area contributed by atoms with Gasteiger partial charge in [0.05, 0.1) is 0 Å². The maximum atomic E-state index is 8.64. The Kier molecular flexibility index (Phi) is 1.53. The lowest BCUT2D eigenvalue weighted by molar-refractivity contribution is 0.306. The normalized spacial score (nSPS) is 23.0. The molecule has 0 aromatic carbocycles. The van der Waals surface area contributed by atoms with E-state index in [4.69, 9.17) is 10.4 Å². The standard InChI is InChI=1S/C6H10N4O2/c11-7-5(9-1-2-9)6(8-12)10-3-4-10/h11-12H,1-4H2/b7-5-,8-6-. The molecule has 2 N–H and O–H groups in total. The van der Waals surface area contributed by atoms with Gasteiger partial charge in [0, 0.05) is 26.2 Å². The van der Waals surface area contributed by atoms with Gasteiger partial charge in [0.25, 0.3) is 0 Å². The Balaban J connectivity index is 2.12. The Labute approximate surface area is 69.4 Å². The molecule has 0 atom stereocenters. The molecule has 2 heterocycles. The van der Waals surface area contributed by atoms with Gasteiger partial charge in [-0.1, -0.05) is 10.3 Å². The third-order valence-corrected chi connectivity index (χ3v) is 1.88. The number of amidine groups is 2. The van der Waals surface area contributed by atoms with Gasteiger partial charge < -0.3 is 20.2 Å². The maximum absolute atomic E-state index is 8.64. The first-order valence-corrected chi connectivity index (χ1v) is 3.81. The zero-order valence-electron chi connectivity index (χ0n) is 6.51. The van der Waals surface area contributed by atoms with E-state index in [9.17, 15) is 0 Å². The molecule has 0 radical (unpaired) electrons. The molecule has 2 rings (SSSR count). The number of rotatable bonds is 0. The van der Waals surface area contributed by atoms with Gasteiger partial charge in [0.1, 0.15) is 0 Å². The third kappa shape index (κ3) is 1.15. The summed E-state index contributed by atoms with van der Waals surface area (Å²) in [6, 6.07) is 0. The summed E-state index contributed by atoms with van der Waals surface area (Å²) in [7, 11) is 0. The molecule has 2 aliphatic rings. The Morgan fingerprint density at radius 2 is 1.17 bits per heavy atom. The summed E-state index contributed by atoms with van der Waals surface area (Å²) >= 11 is 0. The van der Waals surface area contributed by atoms with Crippen molar-refractivity contribution in [3.8, 4) is 0 Å². The molecule has 2 fully saturated rings. The van der Waals surface area contributed by atoms with Gasteiger partial charge in [-0.05, 0) is 0 Å². The Bertz CT molecular complexity index is 216. The van der Waals surface area contributed by atoms with Crippen LogP contribution in [0.2, 0.25) is 0 Å². The van der Waals surface area contributed by atoms with Gasteiger partial charge in [-0.2, -0.15) is 0 Å². The van der Waals surface area contributed by atoms with Crippen molar-refractivity contribution in [2.24, 2.45) is 10.3 Å². The SMILES string of the molecule is O/N=C(/C(=N/O)N1CC1)N1CC1. The van der Waals surface area contributed by atoms with E-state index in [1.54, 1.807) is 0 Å². The molecule has 0 saturated carbocycles. The number of oxime groups is 2. The quantitative estimate of drug-likeness (QED) is 0.164. The van der Waals surface area contributed by atoms with Gasteiger partial charge in [0.15, 0.2) is 0 Å². The van der Waals surface area contributed by atoms with Crippen molar-refractivity contribution < 1.29 is 10.4 Å². The highest BCUT2D eigenvalue weighted by Gasteiger charge is 2.34. The molecular weight excluding hydrogens is 160 g/mol. The highest BCUT2D eigenvalue weighted by molar-refractivity contribution is 6.40. The predicted octanol–water partition coefficient (Wildman–Crippen LogP) is -0.807. The smallest absolute Gasteiger partial charge is 0.214 e. The molecule has 6 heteroatoms. The first kappa shape index (κ1) is 7.20. The molecule has 12 heavy (non-hydrogen) atoms. The zero-order chi connectivity index (χ0) is 8.55. The van der Waals surface area contributed by atoms with E-state index in [1.807, 2.05) is 9.80 Å². The van der Waals surface area contributed by atoms with Crippen LogP contribution in [0.5, 0.6) is 0 Å². The second-order valence-corrected chi connectivity index (χ2v) is 2.82. The number of hydrogen-bond donors (Lipinski definition) is 2. The molecule has 2 aliphatic heterocycles. The van der Waals surface area contributed by atoms with Gasteiger partial charge in [-0.3, -0.25) is 0 Å². The van der Waals surface area contributed by atoms with E-state index in [0.29, 0.717) is 11.7 Å². The predicted molar refractivity (Wildman–Crippen MR) is 41.6 cm³/mol. The Hall–Kier alpha value is -1.46. The molecule has 0 aliphatic carbocycles. The molecular formula is C6H10N4O2. The van der Waals surface area contributed by atoms with Crippen LogP contribution in [0.3, 0.4) is 0 Å². The van der Waals surface area contributed by atoms with Crippen LogP contribution in [0.4, 0.5) is 0 Å². The second-order valence-electron chi connectivity index (χ2n) is 2.82. The summed E-state index contributed by atoms with van der Waals surface area (Å²) in [5.41, 5.74) is 0. The fraction of sp³-hybridized carbons (Fsp3) is 0.667. The molecule has 0 amide bonds. The summed E-state index contributed by atoms with van der Waals surface area (Å²) in [6.45, 7) is 3.47. The maximum Gasteiger partial charge on any atom is 0.214 e. The third-order valence-electron chi connectivity index (χ3n) is 1.88. The molecule has 0 unspecified atom stereocenters. The van der Waals surface area contributed by atoms with Crippen molar-refractivity contribution >= 4 is 11.7 Å². The van der Waals surface area contributed by atoms with Crippen LogP contribution in [0, 0.1) is 0 Å². The zero-order valence-corrected chi connectivity index (χ0v) is 6.51. The Morgan fingerprint density at radius 3 is 1.33 bits per heavy atom. The lowest BCUT2D eigenvalue weighted by Gasteiger charge is -2.07. The van der Waals surface area contributed by atoms with Crippen LogP contribution < -0.4 is 0 Å². The van der Waals surface area contributed by atoms with Crippen LogP contribution in [0.25, 0.3) is 0 Å². The summed E-state index contributed by atoms with van der Waals surface area (Å²) < 4.78 is 0. The van der Waals surface area contributed by atoms with E-state index in [1.165, 1.54) is 0 Å². The summed E-state index contributed by atoms with van der Waals surface area (Å²) in [5, 5.41) is 23.5. The fourth-order valence-corrected chi connectivity index (χ4v) is 1.02. The number of nitrogens with zero attached hydrogens (tertiary/aromatic N) is 4. The van der Waals surface area contributed by atoms with Crippen molar-refractivity contribution in [3.05, 3.63) is 0 Å². The van der Waals surface area contributed by atoms with Crippen molar-refractivity contribution in [2.75, 3.05) is 26.2 Å². The summed E-state index contributed by atoms with van der Waals surface area (Å²) in [4.78, 5) is 3.65. The highest BCUT2D eigenvalue weighted by atomic mass is 16.4. The second kappa shape index (κ2) is 2.54. The topological polar surface area (TPSA) is 71.2 Å². The minimum Gasteiger partial charge on any atom is -0.409 e. The molecule has 0 aromatic rings. The lowest BCUT2D eigenvalue weighted by Crippen LogP contribution is -2.29. The van der Waals surface area contributed by atoms with Crippen LogP contribution in [0.15, 0.2) is 10.3 Å². The van der Waals surface area contributed by atoms with E-state index in [2.05, 4.69) is 10.3 Å². The number of hydrogen-bond acceptors (Lipinski definition) is 4. The average molecular weight is 170 g/mol. The van der Waals surface area contributed by atoms with Crippen LogP contribution in [-0.2, 0) is 0 Å².